The number of rotatable bonds is 6. The summed E-state index contributed by atoms with van der Waals surface area (Å²) in [5, 5.41) is 4.85. The molecule has 0 saturated heterocycles. The van der Waals surface area contributed by atoms with Crippen LogP contribution in [0.2, 0.25) is 0 Å². The van der Waals surface area contributed by atoms with Crippen LogP contribution in [0.15, 0.2) is 205 Å². The average Bonchev–Trinajstić information content (AvgIpc) is 3.95. The standard InChI is InChI=1S/C57H39NOS/c1-57(2)49-20-9-6-15-43(49)44-32-27-39(35-50(44)57)54-51(34-33-47-45-16-7-10-21-52(45)59-55(47)54)58(40-28-23-37(24-29-40)36-13-4-3-5-14-36)41-30-25-38(26-31-41)42-18-12-19-48-46-17-8-11-22-53(46)60-56(42)48/h3-35H,1-2H3. The van der Waals surface area contributed by atoms with Gasteiger partial charge in [0.05, 0.1) is 5.69 Å². The van der Waals surface area contributed by atoms with Crippen molar-refractivity contribution in [1.29, 1.82) is 0 Å². The smallest absolute Gasteiger partial charge is 0.145 e. The monoisotopic (exact) mass is 785 g/mol. The molecule has 0 spiro atoms. The molecule has 0 saturated carbocycles. The first-order chi connectivity index (χ1) is 29.5. The van der Waals surface area contributed by atoms with E-state index in [1.165, 1.54) is 64.7 Å². The Bertz CT molecular complexity index is 3440. The van der Waals surface area contributed by atoms with E-state index in [-0.39, 0.29) is 5.41 Å². The Kier molecular flexibility index (Phi) is 7.79. The maximum absolute atomic E-state index is 6.93. The van der Waals surface area contributed by atoms with Crippen LogP contribution in [0.1, 0.15) is 25.0 Å². The summed E-state index contributed by atoms with van der Waals surface area (Å²) >= 11 is 1.87. The number of furan rings is 1. The van der Waals surface area contributed by atoms with Crippen LogP contribution in [0.25, 0.3) is 86.6 Å². The average molecular weight is 786 g/mol. The van der Waals surface area contributed by atoms with Gasteiger partial charge in [-0.2, -0.15) is 0 Å². The van der Waals surface area contributed by atoms with Crippen molar-refractivity contribution in [1.82, 2.24) is 0 Å². The lowest BCUT2D eigenvalue weighted by atomic mass is 9.81. The molecule has 0 N–H and O–H groups in total. The van der Waals surface area contributed by atoms with Crippen molar-refractivity contribution in [3.63, 3.8) is 0 Å². The van der Waals surface area contributed by atoms with Crippen molar-refractivity contribution in [3.8, 4) is 44.5 Å². The van der Waals surface area contributed by atoms with E-state index >= 15 is 0 Å². The van der Waals surface area contributed by atoms with E-state index in [2.05, 4.69) is 219 Å². The molecule has 0 atom stereocenters. The summed E-state index contributed by atoms with van der Waals surface area (Å²) in [7, 11) is 0. The molecule has 284 valence electrons. The summed E-state index contributed by atoms with van der Waals surface area (Å²) in [5.74, 6) is 0. The summed E-state index contributed by atoms with van der Waals surface area (Å²) < 4.78 is 9.56. The Morgan fingerprint density at radius 2 is 1.05 bits per heavy atom. The summed E-state index contributed by atoms with van der Waals surface area (Å²) in [6.07, 6.45) is 0. The quantitative estimate of drug-likeness (QED) is 0.167. The summed E-state index contributed by atoms with van der Waals surface area (Å²) in [5.41, 5.74) is 17.2. The number of para-hydroxylation sites is 1. The van der Waals surface area contributed by atoms with E-state index in [4.69, 9.17) is 4.42 Å². The Morgan fingerprint density at radius 3 is 1.87 bits per heavy atom. The lowest BCUT2D eigenvalue weighted by Gasteiger charge is -2.29. The predicted molar refractivity (Wildman–Crippen MR) is 255 cm³/mol. The van der Waals surface area contributed by atoms with Crippen LogP contribution in [0.3, 0.4) is 0 Å². The molecule has 9 aromatic carbocycles. The number of thiophene rings is 1. The van der Waals surface area contributed by atoms with E-state index in [1.807, 2.05) is 11.3 Å². The number of benzene rings is 9. The lowest BCUT2D eigenvalue weighted by molar-refractivity contribution is 0.660. The number of fused-ring (bicyclic) bond motifs is 9. The maximum Gasteiger partial charge on any atom is 0.145 e. The first-order valence-corrected chi connectivity index (χ1v) is 21.5. The molecule has 2 nitrogen and oxygen atoms in total. The van der Waals surface area contributed by atoms with Crippen molar-refractivity contribution < 1.29 is 4.42 Å². The normalized spacial score (nSPS) is 13.0. The second-order valence-corrected chi connectivity index (χ2v) is 17.5. The van der Waals surface area contributed by atoms with Gasteiger partial charge in [0.1, 0.15) is 11.2 Å². The van der Waals surface area contributed by atoms with Crippen molar-refractivity contribution >= 4 is 70.5 Å². The molecule has 2 heterocycles. The van der Waals surface area contributed by atoms with Gasteiger partial charge >= 0.3 is 0 Å². The van der Waals surface area contributed by atoms with Crippen LogP contribution in [-0.2, 0) is 5.41 Å². The van der Waals surface area contributed by atoms with Crippen molar-refractivity contribution in [2.75, 3.05) is 4.90 Å². The van der Waals surface area contributed by atoms with E-state index in [0.717, 1.165) is 50.1 Å². The molecule has 3 heteroatoms. The molecular weight excluding hydrogens is 747 g/mol. The van der Waals surface area contributed by atoms with Gasteiger partial charge in [0.15, 0.2) is 0 Å². The molecule has 0 amide bonds. The third-order valence-corrected chi connectivity index (χ3v) is 13.9. The number of hydrogen-bond donors (Lipinski definition) is 0. The molecule has 2 aromatic heterocycles. The highest BCUT2D eigenvalue weighted by molar-refractivity contribution is 7.26. The van der Waals surface area contributed by atoms with Crippen molar-refractivity contribution in [2.24, 2.45) is 0 Å². The molecule has 11 aromatic rings. The molecule has 0 bridgehead atoms. The highest BCUT2D eigenvalue weighted by Crippen LogP contribution is 2.52. The minimum Gasteiger partial charge on any atom is -0.455 e. The van der Waals surface area contributed by atoms with Crippen LogP contribution < -0.4 is 4.90 Å². The minimum atomic E-state index is -0.149. The fraction of sp³-hybridized carbons (Fsp3) is 0.0526. The first-order valence-electron chi connectivity index (χ1n) is 20.7. The van der Waals surface area contributed by atoms with Gasteiger partial charge in [-0.1, -0.05) is 159 Å². The number of hydrogen-bond acceptors (Lipinski definition) is 3. The largest absolute Gasteiger partial charge is 0.455 e. The van der Waals surface area contributed by atoms with Gasteiger partial charge in [-0.15, -0.1) is 11.3 Å². The topological polar surface area (TPSA) is 16.4 Å². The van der Waals surface area contributed by atoms with Crippen LogP contribution in [0.4, 0.5) is 17.1 Å². The predicted octanol–water partition coefficient (Wildman–Crippen LogP) is 16.7. The molecule has 0 fully saturated rings. The first kappa shape index (κ1) is 34.8. The zero-order chi connectivity index (χ0) is 40.0. The van der Waals surface area contributed by atoms with Gasteiger partial charge in [-0.3, -0.25) is 0 Å². The Hall–Kier alpha value is -7.20. The fourth-order valence-electron chi connectivity index (χ4n) is 9.73. The highest BCUT2D eigenvalue weighted by atomic mass is 32.1. The van der Waals surface area contributed by atoms with Gasteiger partial charge in [-0.05, 0) is 105 Å². The second kappa shape index (κ2) is 13.4. The van der Waals surface area contributed by atoms with Crippen LogP contribution >= 0.6 is 11.3 Å². The second-order valence-electron chi connectivity index (χ2n) is 16.4. The molecular formula is C57H39NOS. The Morgan fingerprint density at radius 1 is 0.433 bits per heavy atom. The molecule has 1 aliphatic rings. The third-order valence-electron chi connectivity index (χ3n) is 12.7. The fourth-order valence-corrected chi connectivity index (χ4v) is 11.0. The van der Waals surface area contributed by atoms with Gasteiger partial charge in [0, 0.05) is 53.3 Å². The Balaban J connectivity index is 1.08. The highest BCUT2D eigenvalue weighted by Gasteiger charge is 2.36. The summed E-state index contributed by atoms with van der Waals surface area (Å²) in [6.45, 7) is 4.71. The number of anilines is 3. The zero-order valence-corrected chi connectivity index (χ0v) is 34.1. The van der Waals surface area contributed by atoms with E-state index in [1.54, 1.807) is 0 Å². The van der Waals surface area contributed by atoms with E-state index in [0.29, 0.717) is 0 Å². The lowest BCUT2D eigenvalue weighted by Crippen LogP contribution is -2.15. The summed E-state index contributed by atoms with van der Waals surface area (Å²) in [6, 6.07) is 73.0. The van der Waals surface area contributed by atoms with Gasteiger partial charge in [0.25, 0.3) is 0 Å². The van der Waals surface area contributed by atoms with Gasteiger partial charge in [-0.25, -0.2) is 0 Å². The SMILES string of the molecule is CC1(C)c2ccccc2-c2ccc(-c3c(N(c4ccc(-c5ccccc5)cc4)c4ccc(-c5cccc6c5sc5ccccc56)cc4)ccc4c3oc3ccccc34)cc21. The van der Waals surface area contributed by atoms with Gasteiger partial charge < -0.3 is 9.32 Å². The molecule has 1 aliphatic carbocycles. The molecule has 12 rings (SSSR count). The van der Waals surface area contributed by atoms with Crippen LogP contribution in [0, 0.1) is 0 Å². The summed E-state index contributed by atoms with van der Waals surface area (Å²) in [4.78, 5) is 2.41. The van der Waals surface area contributed by atoms with Crippen molar-refractivity contribution in [2.45, 2.75) is 19.3 Å². The maximum atomic E-state index is 6.93. The van der Waals surface area contributed by atoms with E-state index in [9.17, 15) is 0 Å². The number of nitrogens with zero attached hydrogens (tertiary/aromatic N) is 1. The molecule has 0 radical (unpaired) electrons. The molecule has 60 heavy (non-hydrogen) atoms. The third kappa shape index (κ3) is 5.33. The molecule has 0 unspecified atom stereocenters. The molecule has 0 aliphatic heterocycles. The van der Waals surface area contributed by atoms with Crippen LogP contribution in [-0.4, -0.2) is 0 Å². The van der Waals surface area contributed by atoms with Gasteiger partial charge in [0.2, 0.25) is 0 Å². The van der Waals surface area contributed by atoms with E-state index < -0.39 is 0 Å². The van der Waals surface area contributed by atoms with Crippen molar-refractivity contribution in [3.05, 3.63) is 211 Å². The van der Waals surface area contributed by atoms with Crippen LogP contribution in [0.5, 0.6) is 0 Å². The zero-order valence-electron chi connectivity index (χ0n) is 33.3. The Labute approximate surface area is 353 Å². The minimum absolute atomic E-state index is 0.149.